The Morgan fingerprint density at radius 1 is 0.962 bits per heavy atom. The number of aromatic hydroxyl groups is 2. The fourth-order valence-electron chi connectivity index (χ4n) is 4.34. The molecule has 0 amide bonds. The van der Waals surface area contributed by atoms with E-state index in [4.69, 9.17) is 4.74 Å². The number of piperidine rings is 1. The molecule has 1 unspecified atom stereocenters. The molecule has 0 aromatic heterocycles. The van der Waals surface area contributed by atoms with Gasteiger partial charge in [0, 0.05) is 0 Å². The first-order valence-electron chi connectivity index (χ1n) is 9.66. The first-order valence-corrected chi connectivity index (χ1v) is 9.66. The first-order chi connectivity index (χ1) is 12.7. The van der Waals surface area contributed by atoms with Crippen molar-refractivity contribution in [1.29, 1.82) is 0 Å². The summed E-state index contributed by atoms with van der Waals surface area (Å²) in [6.45, 7) is 4.15. The van der Waals surface area contributed by atoms with E-state index in [-0.39, 0.29) is 11.5 Å². The van der Waals surface area contributed by atoms with Gasteiger partial charge in [-0.1, -0.05) is 24.3 Å². The van der Waals surface area contributed by atoms with E-state index in [1.54, 1.807) is 12.1 Å². The molecule has 4 heteroatoms. The number of benzene rings is 2. The lowest BCUT2D eigenvalue weighted by Gasteiger charge is -2.34. The minimum Gasteiger partial charge on any atom is -0.504 e. The number of ether oxygens (including phenoxy) is 1. The second-order valence-corrected chi connectivity index (χ2v) is 7.52. The standard InChI is InChI=1S/C22H27NO3/c24-20-6-5-18(15-21(20)25)16-7-11-23(12-8-16)13-9-17-10-14-26-22-4-2-1-3-19(17)22/h1-6,15-17,24-25H,7-14H2. The summed E-state index contributed by atoms with van der Waals surface area (Å²) in [6, 6.07) is 13.7. The Morgan fingerprint density at radius 2 is 1.77 bits per heavy atom. The summed E-state index contributed by atoms with van der Waals surface area (Å²) in [4.78, 5) is 2.56. The lowest BCUT2D eigenvalue weighted by Crippen LogP contribution is -2.34. The number of phenolic OH excluding ortho intramolecular Hbond substituents is 2. The van der Waals surface area contributed by atoms with Crippen LogP contribution in [0.5, 0.6) is 17.2 Å². The number of rotatable bonds is 4. The molecule has 2 heterocycles. The number of likely N-dealkylation sites (tertiary alicyclic amines) is 1. The second-order valence-electron chi connectivity index (χ2n) is 7.52. The van der Waals surface area contributed by atoms with Crippen molar-refractivity contribution in [2.75, 3.05) is 26.2 Å². The van der Waals surface area contributed by atoms with Gasteiger partial charge in [-0.2, -0.15) is 0 Å². The van der Waals surface area contributed by atoms with E-state index in [1.165, 1.54) is 12.0 Å². The van der Waals surface area contributed by atoms with Gasteiger partial charge in [0.1, 0.15) is 5.75 Å². The highest BCUT2D eigenvalue weighted by Gasteiger charge is 2.24. The van der Waals surface area contributed by atoms with Gasteiger partial charge in [-0.25, -0.2) is 0 Å². The van der Waals surface area contributed by atoms with Crippen molar-refractivity contribution in [3.05, 3.63) is 53.6 Å². The molecular weight excluding hydrogens is 326 g/mol. The lowest BCUT2D eigenvalue weighted by atomic mass is 9.87. The molecule has 1 saturated heterocycles. The number of hydrogen-bond acceptors (Lipinski definition) is 4. The van der Waals surface area contributed by atoms with Crippen molar-refractivity contribution in [2.24, 2.45) is 0 Å². The third-order valence-corrected chi connectivity index (χ3v) is 5.93. The monoisotopic (exact) mass is 353 g/mol. The summed E-state index contributed by atoms with van der Waals surface area (Å²) in [5.41, 5.74) is 2.51. The molecule has 0 radical (unpaired) electrons. The highest BCUT2D eigenvalue weighted by Crippen LogP contribution is 2.37. The minimum absolute atomic E-state index is 0.0110. The zero-order valence-electron chi connectivity index (χ0n) is 15.1. The molecule has 2 aliphatic heterocycles. The summed E-state index contributed by atoms with van der Waals surface area (Å²) in [6.07, 6.45) is 4.51. The van der Waals surface area contributed by atoms with Crippen molar-refractivity contribution < 1.29 is 14.9 Å². The van der Waals surface area contributed by atoms with Crippen LogP contribution in [0, 0.1) is 0 Å². The molecule has 0 spiro atoms. The van der Waals surface area contributed by atoms with Crippen molar-refractivity contribution in [3.63, 3.8) is 0 Å². The van der Waals surface area contributed by atoms with Crippen molar-refractivity contribution in [2.45, 2.75) is 37.5 Å². The lowest BCUT2D eigenvalue weighted by molar-refractivity contribution is 0.194. The van der Waals surface area contributed by atoms with Crippen LogP contribution >= 0.6 is 0 Å². The molecule has 2 aromatic rings. The predicted octanol–water partition coefficient (Wildman–Crippen LogP) is 4.23. The Bertz CT molecular complexity index is 753. The molecule has 1 fully saturated rings. The van der Waals surface area contributed by atoms with Gasteiger partial charge in [-0.3, -0.25) is 0 Å². The van der Waals surface area contributed by atoms with Gasteiger partial charge < -0.3 is 19.8 Å². The Hall–Kier alpha value is -2.20. The summed E-state index contributed by atoms with van der Waals surface area (Å²) in [5.74, 6) is 2.09. The minimum atomic E-state index is -0.0390. The first kappa shape index (κ1) is 17.2. The van der Waals surface area contributed by atoms with Gasteiger partial charge in [-0.05, 0) is 86.5 Å². The Balaban J connectivity index is 1.30. The van der Waals surface area contributed by atoms with E-state index in [0.717, 1.165) is 56.8 Å². The SMILES string of the molecule is Oc1ccc(C2CCN(CCC3CCOc4ccccc43)CC2)cc1O. The summed E-state index contributed by atoms with van der Waals surface area (Å²) in [7, 11) is 0. The van der Waals surface area contributed by atoms with Gasteiger partial charge in [-0.15, -0.1) is 0 Å². The highest BCUT2D eigenvalue weighted by molar-refractivity contribution is 5.42. The Kier molecular flexibility index (Phi) is 5.02. The average molecular weight is 353 g/mol. The number of nitrogens with zero attached hydrogens (tertiary/aromatic N) is 1. The zero-order chi connectivity index (χ0) is 17.9. The van der Waals surface area contributed by atoms with Crippen LogP contribution in [0.3, 0.4) is 0 Å². The van der Waals surface area contributed by atoms with E-state index in [2.05, 4.69) is 23.1 Å². The van der Waals surface area contributed by atoms with Crippen LogP contribution in [0.2, 0.25) is 0 Å². The largest absolute Gasteiger partial charge is 0.504 e. The summed E-state index contributed by atoms with van der Waals surface area (Å²) >= 11 is 0. The maximum Gasteiger partial charge on any atom is 0.157 e. The topological polar surface area (TPSA) is 52.9 Å². The molecule has 2 aliphatic rings. The van der Waals surface area contributed by atoms with Crippen LogP contribution < -0.4 is 4.74 Å². The fraction of sp³-hybridized carbons (Fsp3) is 0.455. The second kappa shape index (κ2) is 7.58. The number of fused-ring (bicyclic) bond motifs is 1. The van der Waals surface area contributed by atoms with Crippen molar-refractivity contribution >= 4 is 0 Å². The van der Waals surface area contributed by atoms with Crippen LogP contribution in [0.4, 0.5) is 0 Å². The Labute approximate surface area is 155 Å². The molecule has 0 saturated carbocycles. The van der Waals surface area contributed by atoms with Crippen LogP contribution in [0.15, 0.2) is 42.5 Å². The smallest absolute Gasteiger partial charge is 0.157 e. The number of hydrogen-bond donors (Lipinski definition) is 2. The summed E-state index contributed by atoms with van der Waals surface area (Å²) in [5, 5.41) is 19.2. The van der Waals surface area contributed by atoms with Gasteiger partial charge in [0.15, 0.2) is 11.5 Å². The number of phenols is 2. The van der Waals surface area contributed by atoms with E-state index in [1.807, 2.05) is 12.1 Å². The molecule has 0 aliphatic carbocycles. The molecule has 4 nitrogen and oxygen atoms in total. The molecule has 1 atom stereocenters. The van der Waals surface area contributed by atoms with Crippen molar-refractivity contribution in [1.82, 2.24) is 4.90 Å². The Morgan fingerprint density at radius 3 is 2.58 bits per heavy atom. The third-order valence-electron chi connectivity index (χ3n) is 5.93. The molecule has 0 bridgehead atoms. The third kappa shape index (κ3) is 3.65. The van der Waals surface area contributed by atoms with E-state index >= 15 is 0 Å². The molecule has 2 N–H and O–H groups in total. The maximum absolute atomic E-state index is 9.72. The number of para-hydroxylation sites is 1. The quantitative estimate of drug-likeness (QED) is 0.808. The van der Waals surface area contributed by atoms with Gasteiger partial charge in [0.2, 0.25) is 0 Å². The molecule has 2 aromatic carbocycles. The van der Waals surface area contributed by atoms with Gasteiger partial charge in [0.05, 0.1) is 6.61 Å². The molecule has 4 rings (SSSR count). The van der Waals surface area contributed by atoms with E-state index in [9.17, 15) is 10.2 Å². The van der Waals surface area contributed by atoms with Crippen LogP contribution in [-0.2, 0) is 0 Å². The van der Waals surface area contributed by atoms with Crippen molar-refractivity contribution in [3.8, 4) is 17.2 Å². The molecular formula is C22H27NO3. The van der Waals surface area contributed by atoms with Crippen LogP contribution in [0.1, 0.15) is 48.6 Å². The summed E-state index contributed by atoms with van der Waals surface area (Å²) < 4.78 is 5.77. The normalized spacial score (nSPS) is 21.2. The van der Waals surface area contributed by atoms with E-state index in [0.29, 0.717) is 11.8 Å². The zero-order valence-corrected chi connectivity index (χ0v) is 15.1. The fourth-order valence-corrected chi connectivity index (χ4v) is 4.34. The van der Waals surface area contributed by atoms with Crippen LogP contribution in [0.25, 0.3) is 0 Å². The highest BCUT2D eigenvalue weighted by atomic mass is 16.5. The van der Waals surface area contributed by atoms with E-state index < -0.39 is 0 Å². The van der Waals surface area contributed by atoms with Gasteiger partial charge in [0.25, 0.3) is 0 Å². The average Bonchev–Trinajstić information content (AvgIpc) is 2.69. The molecule has 138 valence electrons. The van der Waals surface area contributed by atoms with Crippen LogP contribution in [-0.4, -0.2) is 41.4 Å². The van der Waals surface area contributed by atoms with Gasteiger partial charge >= 0.3 is 0 Å². The predicted molar refractivity (Wildman–Crippen MR) is 102 cm³/mol. The maximum atomic E-state index is 9.72. The molecule has 26 heavy (non-hydrogen) atoms.